The molecule has 182 valence electrons. The molecule has 1 aromatic heterocycles. The van der Waals surface area contributed by atoms with Crippen molar-refractivity contribution < 1.29 is 13.6 Å². The van der Waals surface area contributed by atoms with E-state index in [2.05, 4.69) is 32.8 Å². The van der Waals surface area contributed by atoms with E-state index in [-0.39, 0.29) is 12.1 Å². The van der Waals surface area contributed by atoms with Gasteiger partial charge in [-0.05, 0) is 55.2 Å². The minimum absolute atomic E-state index is 0.112. The summed E-state index contributed by atoms with van der Waals surface area (Å²) in [6, 6.07) is 12.0. The van der Waals surface area contributed by atoms with Gasteiger partial charge in [-0.2, -0.15) is 10.2 Å². The van der Waals surface area contributed by atoms with Gasteiger partial charge < -0.3 is 10.6 Å². The number of carbonyl (C=O) groups is 1. The van der Waals surface area contributed by atoms with Crippen molar-refractivity contribution in [3.63, 3.8) is 0 Å². The molecule has 3 aromatic rings. The second kappa shape index (κ2) is 7.78. The molecule has 0 spiro atoms. The molecule has 2 atom stereocenters. The van der Waals surface area contributed by atoms with Crippen LogP contribution in [-0.2, 0) is 10.2 Å². The van der Waals surface area contributed by atoms with Crippen LogP contribution in [0.2, 0.25) is 0 Å². The highest BCUT2D eigenvalue weighted by Crippen LogP contribution is 2.51. The van der Waals surface area contributed by atoms with Gasteiger partial charge in [0.2, 0.25) is 0 Å². The maximum atomic E-state index is 14.2. The maximum Gasteiger partial charge on any atom is 0.250 e. The molecule has 4 heterocycles. The van der Waals surface area contributed by atoms with Gasteiger partial charge in [0.1, 0.15) is 0 Å². The lowest BCUT2D eigenvalue weighted by atomic mass is 9.62. The number of amides is 1. The van der Waals surface area contributed by atoms with Gasteiger partial charge in [0.15, 0.2) is 17.8 Å². The Balaban J connectivity index is 1.58. The summed E-state index contributed by atoms with van der Waals surface area (Å²) in [7, 11) is 0. The molecule has 3 aliphatic heterocycles. The van der Waals surface area contributed by atoms with Crippen LogP contribution in [-0.4, -0.2) is 22.6 Å². The number of halogens is 2. The first-order chi connectivity index (χ1) is 17.2. The summed E-state index contributed by atoms with van der Waals surface area (Å²) in [5.41, 5.74) is 4.19. The summed E-state index contributed by atoms with van der Waals surface area (Å²) in [4.78, 5) is 17.8. The number of carbonyl (C=O) groups excluding carboxylic acids is 1. The number of nitrogens with zero attached hydrogens (tertiary/aromatic N) is 3. The molecule has 8 heteroatoms. The van der Waals surface area contributed by atoms with Crippen LogP contribution in [0.15, 0.2) is 81.9 Å². The molecule has 36 heavy (non-hydrogen) atoms. The summed E-state index contributed by atoms with van der Waals surface area (Å²) in [6.45, 7) is 6.07. The quantitative estimate of drug-likeness (QED) is 0.503. The number of hydrogen-bond acceptors (Lipinski definition) is 5. The van der Waals surface area contributed by atoms with E-state index in [1.54, 1.807) is 18.5 Å². The number of nitrogens with one attached hydrogen (secondary N) is 2. The van der Waals surface area contributed by atoms with Gasteiger partial charge in [0.25, 0.3) is 5.91 Å². The molecule has 0 radical (unpaired) electrons. The summed E-state index contributed by atoms with van der Waals surface area (Å²) < 4.78 is 28.1. The SMILES string of the molecule is CC[C@@]1(c2cccc(-c3ccnc4cc(F)c(F)cc34)c2)C2=CN=NC2NC2=C1C(=O)NC(C)(C)C2. The molecule has 0 fully saturated rings. The molecule has 1 unspecified atom stereocenters. The Hall–Kier alpha value is -3.94. The van der Waals surface area contributed by atoms with Gasteiger partial charge in [0, 0.05) is 40.9 Å². The van der Waals surface area contributed by atoms with E-state index in [4.69, 9.17) is 0 Å². The molecule has 3 aliphatic rings. The minimum atomic E-state index is -0.932. The summed E-state index contributed by atoms with van der Waals surface area (Å²) in [6.07, 6.45) is 4.27. The lowest BCUT2D eigenvalue weighted by molar-refractivity contribution is -0.120. The summed E-state index contributed by atoms with van der Waals surface area (Å²) in [5, 5.41) is 15.7. The number of aromatic nitrogens is 1. The molecule has 6 nitrogen and oxygen atoms in total. The van der Waals surface area contributed by atoms with Crippen LogP contribution in [0.5, 0.6) is 0 Å². The lowest BCUT2D eigenvalue weighted by Gasteiger charge is -2.48. The van der Waals surface area contributed by atoms with E-state index >= 15 is 0 Å². The number of fused-ring (bicyclic) bond motifs is 2. The highest BCUT2D eigenvalue weighted by Gasteiger charge is 2.53. The predicted octanol–water partition coefficient (Wildman–Crippen LogP) is 5.66. The summed E-state index contributed by atoms with van der Waals surface area (Å²) in [5.74, 6) is -1.97. The van der Waals surface area contributed by atoms with E-state index in [1.807, 2.05) is 38.1 Å². The van der Waals surface area contributed by atoms with E-state index in [9.17, 15) is 13.6 Å². The summed E-state index contributed by atoms with van der Waals surface area (Å²) >= 11 is 0. The number of rotatable bonds is 3. The number of benzene rings is 2. The van der Waals surface area contributed by atoms with Crippen molar-refractivity contribution >= 4 is 16.8 Å². The van der Waals surface area contributed by atoms with Gasteiger partial charge in [-0.15, -0.1) is 0 Å². The van der Waals surface area contributed by atoms with E-state index in [1.165, 1.54) is 6.07 Å². The van der Waals surface area contributed by atoms with Crippen molar-refractivity contribution in [1.82, 2.24) is 15.6 Å². The van der Waals surface area contributed by atoms with Crippen molar-refractivity contribution in [1.29, 1.82) is 0 Å². The number of hydrogen-bond donors (Lipinski definition) is 2. The maximum absolute atomic E-state index is 14.2. The van der Waals surface area contributed by atoms with Crippen LogP contribution in [0.3, 0.4) is 0 Å². The molecular weight excluding hydrogens is 460 g/mol. The lowest BCUT2D eigenvalue weighted by Crippen LogP contribution is -2.58. The van der Waals surface area contributed by atoms with E-state index < -0.39 is 22.6 Å². The fourth-order valence-electron chi connectivity index (χ4n) is 5.95. The normalized spacial score (nSPS) is 24.2. The Kier molecular flexibility index (Phi) is 4.87. The first-order valence-electron chi connectivity index (χ1n) is 12.0. The average Bonchev–Trinajstić information content (AvgIpc) is 3.31. The van der Waals surface area contributed by atoms with Gasteiger partial charge in [-0.25, -0.2) is 8.78 Å². The van der Waals surface area contributed by atoms with Crippen molar-refractivity contribution in [3.05, 3.63) is 88.9 Å². The van der Waals surface area contributed by atoms with Crippen molar-refractivity contribution in [2.75, 3.05) is 0 Å². The van der Waals surface area contributed by atoms with Gasteiger partial charge in [-0.1, -0.05) is 25.1 Å². The number of azo groups is 1. The van der Waals surface area contributed by atoms with Gasteiger partial charge in [-0.3, -0.25) is 9.78 Å². The predicted molar refractivity (Wildman–Crippen MR) is 133 cm³/mol. The average molecular weight is 486 g/mol. The smallest absolute Gasteiger partial charge is 0.250 e. The monoisotopic (exact) mass is 485 g/mol. The largest absolute Gasteiger partial charge is 0.362 e. The zero-order chi connectivity index (χ0) is 25.2. The second-order valence-electron chi connectivity index (χ2n) is 10.2. The van der Waals surface area contributed by atoms with Crippen LogP contribution in [0, 0.1) is 11.6 Å². The first-order valence-corrected chi connectivity index (χ1v) is 12.0. The Morgan fingerprint density at radius 3 is 2.72 bits per heavy atom. The van der Waals surface area contributed by atoms with Gasteiger partial charge in [0.05, 0.1) is 22.7 Å². The Labute approximate surface area is 207 Å². The molecular formula is C28H25F2N5O. The van der Waals surface area contributed by atoms with Crippen LogP contribution < -0.4 is 10.6 Å². The fraction of sp³-hybridized carbons (Fsp3) is 0.286. The Bertz CT molecular complexity index is 1540. The highest BCUT2D eigenvalue weighted by molar-refractivity contribution is 6.00. The molecule has 0 saturated heterocycles. The Morgan fingerprint density at radius 1 is 1.11 bits per heavy atom. The molecule has 1 amide bonds. The molecule has 0 saturated carbocycles. The van der Waals surface area contributed by atoms with Crippen LogP contribution in [0.4, 0.5) is 8.78 Å². The first kappa shape index (κ1) is 22.5. The van der Waals surface area contributed by atoms with E-state index in [0.717, 1.165) is 34.0 Å². The molecule has 0 bridgehead atoms. The molecule has 0 aliphatic carbocycles. The third-order valence-corrected chi connectivity index (χ3v) is 7.48. The second-order valence-corrected chi connectivity index (χ2v) is 10.2. The van der Waals surface area contributed by atoms with Crippen LogP contribution in [0.1, 0.15) is 39.2 Å². The van der Waals surface area contributed by atoms with Crippen molar-refractivity contribution in [2.45, 2.75) is 50.7 Å². The topological polar surface area (TPSA) is 78.7 Å². The fourth-order valence-corrected chi connectivity index (χ4v) is 5.95. The van der Waals surface area contributed by atoms with Crippen molar-refractivity contribution in [2.24, 2.45) is 10.2 Å². The number of pyridine rings is 1. The van der Waals surface area contributed by atoms with Crippen molar-refractivity contribution in [3.8, 4) is 11.1 Å². The molecule has 2 N–H and O–H groups in total. The van der Waals surface area contributed by atoms with Gasteiger partial charge >= 0.3 is 0 Å². The zero-order valence-corrected chi connectivity index (χ0v) is 20.2. The standard InChI is InChI=1S/C28H25F2N5O/c1-4-28(19-14-32-35-25(19)33-23-13-27(2,3)34-26(36)24(23)28)16-7-5-6-15(10-16)17-8-9-31-22-12-21(30)20(29)11-18(17)22/h5-12,14,25,33H,4,13H2,1-3H3,(H,34,36)/t25?,28-/m1/s1. The zero-order valence-electron chi connectivity index (χ0n) is 20.2. The van der Waals surface area contributed by atoms with E-state index in [0.29, 0.717) is 29.3 Å². The van der Waals surface area contributed by atoms with Crippen LogP contribution in [0.25, 0.3) is 22.0 Å². The molecule has 2 aromatic carbocycles. The minimum Gasteiger partial charge on any atom is -0.362 e. The third kappa shape index (κ3) is 3.20. The Morgan fingerprint density at radius 2 is 1.92 bits per heavy atom. The molecule has 6 rings (SSSR count). The third-order valence-electron chi connectivity index (χ3n) is 7.48. The van der Waals surface area contributed by atoms with Crippen LogP contribution >= 0.6 is 0 Å². The highest BCUT2D eigenvalue weighted by atomic mass is 19.2.